The van der Waals surface area contributed by atoms with Gasteiger partial charge in [0.1, 0.15) is 0 Å². The fraction of sp³-hybridized carbons (Fsp3) is 0.409. The lowest BCUT2D eigenvalue weighted by atomic mass is 9.98. The molecule has 0 spiro atoms. The first-order chi connectivity index (χ1) is 14.2. The first-order valence-corrected chi connectivity index (χ1v) is 11.1. The highest BCUT2D eigenvalue weighted by molar-refractivity contribution is 8.00. The van der Waals surface area contributed by atoms with Crippen LogP contribution in [0.4, 0.5) is 18.9 Å². The molecule has 162 valence electrons. The molecule has 4 atom stereocenters. The Morgan fingerprint density at radius 3 is 2.53 bits per heavy atom. The van der Waals surface area contributed by atoms with Crippen LogP contribution in [0.3, 0.4) is 0 Å². The first-order valence-electron chi connectivity index (χ1n) is 9.83. The number of amides is 1. The summed E-state index contributed by atoms with van der Waals surface area (Å²) < 4.78 is 39.9. The number of rotatable bonds is 6. The Balaban J connectivity index is 1.78. The quantitative estimate of drug-likeness (QED) is 0.505. The van der Waals surface area contributed by atoms with Crippen molar-refractivity contribution in [1.82, 2.24) is 0 Å². The van der Waals surface area contributed by atoms with Gasteiger partial charge in [-0.05, 0) is 56.2 Å². The van der Waals surface area contributed by atoms with E-state index in [0.29, 0.717) is 27.7 Å². The lowest BCUT2D eigenvalue weighted by Gasteiger charge is -2.24. The van der Waals surface area contributed by atoms with Crippen LogP contribution in [0.2, 0.25) is 5.02 Å². The summed E-state index contributed by atoms with van der Waals surface area (Å²) in [5.74, 6) is -3.90. The Morgan fingerprint density at radius 1 is 1.23 bits per heavy atom. The number of hydrogen-bond donors (Lipinski definition) is 2. The number of benzene rings is 2. The van der Waals surface area contributed by atoms with Crippen LogP contribution in [0.25, 0.3) is 0 Å². The molecule has 2 aromatic rings. The van der Waals surface area contributed by atoms with Gasteiger partial charge in [-0.3, -0.25) is 4.79 Å². The van der Waals surface area contributed by atoms with Crippen LogP contribution >= 0.6 is 23.4 Å². The van der Waals surface area contributed by atoms with Crippen LogP contribution in [-0.2, 0) is 0 Å². The molecule has 3 nitrogen and oxygen atoms in total. The number of hydrogen-bond acceptors (Lipinski definition) is 3. The Labute approximate surface area is 183 Å². The molecule has 1 aliphatic rings. The van der Waals surface area contributed by atoms with E-state index < -0.39 is 23.4 Å². The molecule has 2 aromatic carbocycles. The molecule has 30 heavy (non-hydrogen) atoms. The number of nitrogens with two attached hydrogens (primary N) is 1. The molecule has 3 rings (SSSR count). The van der Waals surface area contributed by atoms with Gasteiger partial charge < -0.3 is 11.1 Å². The molecular weight excluding hydrogens is 433 g/mol. The predicted molar refractivity (Wildman–Crippen MR) is 116 cm³/mol. The summed E-state index contributed by atoms with van der Waals surface area (Å²) in [5.41, 5.74) is 6.13. The van der Waals surface area contributed by atoms with Crippen molar-refractivity contribution in [2.45, 2.75) is 49.3 Å². The summed E-state index contributed by atoms with van der Waals surface area (Å²) in [7, 11) is 0. The number of carbonyl (C=O) groups is 1. The number of carbonyl (C=O) groups excluding carboxylic acids is 1. The third-order valence-corrected chi connectivity index (χ3v) is 7.55. The van der Waals surface area contributed by atoms with Crippen molar-refractivity contribution in [2.75, 3.05) is 5.32 Å². The molecule has 0 bridgehead atoms. The third kappa shape index (κ3) is 5.31. The number of nitrogens with one attached hydrogen (secondary N) is 1. The zero-order valence-corrected chi connectivity index (χ0v) is 18.3. The van der Waals surface area contributed by atoms with Gasteiger partial charge in [-0.1, -0.05) is 18.5 Å². The molecule has 1 saturated carbocycles. The lowest BCUT2D eigenvalue weighted by molar-refractivity contribution is 0.102. The highest BCUT2D eigenvalue weighted by Gasteiger charge is 2.34. The molecule has 3 N–H and O–H groups in total. The van der Waals surface area contributed by atoms with E-state index in [0.717, 1.165) is 36.3 Å². The third-order valence-electron chi connectivity index (χ3n) is 5.39. The second-order valence-corrected chi connectivity index (χ2v) is 9.59. The summed E-state index contributed by atoms with van der Waals surface area (Å²) in [4.78, 5) is 13.4. The summed E-state index contributed by atoms with van der Waals surface area (Å²) in [6.45, 7) is 4.21. The van der Waals surface area contributed by atoms with Crippen molar-refractivity contribution in [3.63, 3.8) is 0 Å². The van der Waals surface area contributed by atoms with Crippen molar-refractivity contribution in [2.24, 2.45) is 17.6 Å². The van der Waals surface area contributed by atoms with Gasteiger partial charge >= 0.3 is 0 Å². The zero-order valence-electron chi connectivity index (χ0n) is 16.7. The maximum Gasteiger partial charge on any atom is 0.255 e. The van der Waals surface area contributed by atoms with Gasteiger partial charge in [-0.2, -0.15) is 0 Å². The van der Waals surface area contributed by atoms with E-state index in [9.17, 15) is 18.0 Å². The molecule has 0 radical (unpaired) electrons. The van der Waals surface area contributed by atoms with E-state index >= 15 is 0 Å². The molecule has 4 unspecified atom stereocenters. The molecule has 1 amide bonds. The van der Waals surface area contributed by atoms with Crippen LogP contribution in [0.1, 0.15) is 43.5 Å². The van der Waals surface area contributed by atoms with E-state index in [1.807, 2.05) is 6.92 Å². The van der Waals surface area contributed by atoms with E-state index in [1.165, 1.54) is 6.07 Å². The number of anilines is 1. The highest BCUT2D eigenvalue weighted by atomic mass is 35.5. The fourth-order valence-electron chi connectivity index (χ4n) is 3.92. The van der Waals surface area contributed by atoms with E-state index in [-0.39, 0.29) is 11.7 Å². The van der Waals surface area contributed by atoms with E-state index in [4.69, 9.17) is 17.3 Å². The Bertz CT molecular complexity index is 918. The predicted octanol–water partition coefficient (Wildman–Crippen LogP) is 6.25. The van der Waals surface area contributed by atoms with E-state index in [1.54, 1.807) is 23.9 Å². The molecule has 1 fully saturated rings. The van der Waals surface area contributed by atoms with Gasteiger partial charge in [-0.25, -0.2) is 13.2 Å². The molecule has 1 aliphatic carbocycles. The summed E-state index contributed by atoms with van der Waals surface area (Å²) in [6, 6.07) is 6.43. The minimum absolute atomic E-state index is 0.118. The van der Waals surface area contributed by atoms with Gasteiger partial charge in [-0.15, -0.1) is 11.8 Å². The summed E-state index contributed by atoms with van der Waals surface area (Å²) >= 11 is 8.03. The van der Waals surface area contributed by atoms with Crippen LogP contribution in [-0.4, -0.2) is 17.2 Å². The van der Waals surface area contributed by atoms with Crippen LogP contribution in [0.5, 0.6) is 0 Å². The van der Waals surface area contributed by atoms with Crippen LogP contribution in [0, 0.1) is 29.3 Å². The van der Waals surface area contributed by atoms with Crippen molar-refractivity contribution >= 4 is 35.0 Å². The Kier molecular flexibility index (Phi) is 7.37. The summed E-state index contributed by atoms with van der Waals surface area (Å²) in [6.07, 6.45) is 3.16. The van der Waals surface area contributed by atoms with Crippen LogP contribution < -0.4 is 11.1 Å². The standard InChI is InChI=1S/C22H24ClF3N2OS/c1-11-3-4-13(7-12(2)27)21(11)30-19-8-14(5-6-16(19)23)22(29)28-15-9-17(24)20(26)18(25)10-15/h5-6,8-13,21H,3-4,7,27H2,1-2H3,(H,28,29). The van der Waals surface area contributed by atoms with E-state index in [2.05, 4.69) is 12.2 Å². The second kappa shape index (κ2) is 9.62. The average molecular weight is 457 g/mol. The number of halogens is 4. The topological polar surface area (TPSA) is 55.1 Å². The van der Waals surface area contributed by atoms with Crippen LogP contribution in [0.15, 0.2) is 35.2 Å². The normalized spacial score (nSPS) is 22.2. The Hall–Kier alpha value is -1.70. The van der Waals surface area contributed by atoms with Gasteiger partial charge in [0.25, 0.3) is 5.91 Å². The highest BCUT2D eigenvalue weighted by Crippen LogP contribution is 2.46. The first kappa shape index (κ1) is 23.0. The Morgan fingerprint density at radius 2 is 1.90 bits per heavy atom. The van der Waals surface area contributed by atoms with Crippen molar-refractivity contribution in [3.05, 3.63) is 58.4 Å². The average Bonchev–Trinajstić information content (AvgIpc) is 3.00. The number of thioether (sulfide) groups is 1. The second-order valence-electron chi connectivity index (χ2n) is 7.96. The minimum Gasteiger partial charge on any atom is -0.328 e. The monoisotopic (exact) mass is 456 g/mol. The van der Waals surface area contributed by atoms with Gasteiger partial charge in [0, 0.05) is 39.6 Å². The molecule has 0 heterocycles. The maximum atomic E-state index is 13.4. The molecule has 8 heteroatoms. The SMILES string of the molecule is CC(N)CC1CCC(C)C1Sc1cc(C(=O)Nc2cc(F)c(F)c(F)c2)ccc1Cl. The molecule has 0 aromatic heterocycles. The zero-order chi connectivity index (χ0) is 22.0. The minimum atomic E-state index is -1.58. The lowest BCUT2D eigenvalue weighted by Crippen LogP contribution is -2.24. The summed E-state index contributed by atoms with van der Waals surface area (Å²) in [5, 5.41) is 3.27. The molecular formula is C22H24ClF3N2OS. The molecule has 0 saturated heterocycles. The maximum absolute atomic E-state index is 13.4. The van der Waals surface area contributed by atoms with Crippen molar-refractivity contribution in [1.29, 1.82) is 0 Å². The van der Waals surface area contributed by atoms with Gasteiger partial charge in [0.2, 0.25) is 0 Å². The smallest absolute Gasteiger partial charge is 0.255 e. The van der Waals surface area contributed by atoms with Gasteiger partial charge in [0.15, 0.2) is 17.5 Å². The largest absolute Gasteiger partial charge is 0.328 e. The van der Waals surface area contributed by atoms with Gasteiger partial charge in [0.05, 0.1) is 5.02 Å². The molecule has 0 aliphatic heterocycles. The fourth-order valence-corrected chi connectivity index (χ4v) is 5.65. The van der Waals surface area contributed by atoms with Crippen molar-refractivity contribution in [3.8, 4) is 0 Å². The van der Waals surface area contributed by atoms with Crippen molar-refractivity contribution < 1.29 is 18.0 Å².